The fourth-order valence-corrected chi connectivity index (χ4v) is 1.72. The van der Waals surface area contributed by atoms with Gasteiger partial charge in [0.25, 0.3) is 0 Å². The van der Waals surface area contributed by atoms with Crippen LogP contribution in [0.3, 0.4) is 0 Å². The van der Waals surface area contributed by atoms with Crippen LogP contribution in [0.1, 0.15) is 25.7 Å². The van der Waals surface area contributed by atoms with Gasteiger partial charge in [-0.3, -0.25) is 4.79 Å². The predicted molar refractivity (Wildman–Crippen MR) is 45.8 cm³/mol. The monoisotopic (exact) mass is 164 g/mol. The van der Waals surface area contributed by atoms with Gasteiger partial charge in [-0.2, -0.15) is 0 Å². The lowest BCUT2D eigenvalue weighted by atomic mass is 9.91. The number of hydrogen-bond donors (Lipinski definition) is 1. The third-order valence-electron chi connectivity index (χ3n) is 2.71. The van der Waals surface area contributed by atoms with Crippen molar-refractivity contribution in [3.8, 4) is 0 Å². The highest BCUT2D eigenvalue weighted by atomic mass is 16.4. The first-order valence-electron chi connectivity index (χ1n) is 4.36. The Morgan fingerprint density at radius 1 is 1.42 bits per heavy atom. The van der Waals surface area contributed by atoms with Crippen molar-refractivity contribution in [1.82, 2.24) is 0 Å². The summed E-state index contributed by atoms with van der Waals surface area (Å²) in [6.07, 6.45) is 9.81. The smallest absolute Gasteiger partial charge is 0.314 e. The lowest BCUT2D eigenvalue weighted by Crippen LogP contribution is -2.17. The van der Waals surface area contributed by atoms with Gasteiger partial charge in [0.05, 0.1) is 5.41 Å². The molecule has 2 aliphatic rings. The van der Waals surface area contributed by atoms with Gasteiger partial charge in [-0.1, -0.05) is 18.2 Å². The summed E-state index contributed by atoms with van der Waals surface area (Å²) < 4.78 is 0. The lowest BCUT2D eigenvalue weighted by Gasteiger charge is -2.13. The van der Waals surface area contributed by atoms with Crippen molar-refractivity contribution in [2.45, 2.75) is 25.7 Å². The zero-order chi connectivity index (χ0) is 8.60. The van der Waals surface area contributed by atoms with Crippen molar-refractivity contribution < 1.29 is 9.90 Å². The Labute approximate surface area is 71.6 Å². The van der Waals surface area contributed by atoms with Crippen LogP contribution in [-0.2, 0) is 4.79 Å². The van der Waals surface area contributed by atoms with Gasteiger partial charge < -0.3 is 5.11 Å². The fourth-order valence-electron chi connectivity index (χ4n) is 1.72. The van der Waals surface area contributed by atoms with Crippen LogP contribution >= 0.6 is 0 Å². The van der Waals surface area contributed by atoms with Gasteiger partial charge in [0.2, 0.25) is 0 Å². The number of carboxylic acids is 1. The van der Waals surface area contributed by atoms with E-state index in [4.69, 9.17) is 5.11 Å². The highest BCUT2D eigenvalue weighted by Gasteiger charge is 2.52. The molecule has 2 rings (SSSR count). The van der Waals surface area contributed by atoms with E-state index in [0.717, 1.165) is 31.3 Å². The van der Waals surface area contributed by atoms with E-state index in [9.17, 15) is 4.79 Å². The van der Waals surface area contributed by atoms with Crippen molar-refractivity contribution in [2.24, 2.45) is 5.41 Å². The van der Waals surface area contributed by atoms with Crippen molar-refractivity contribution in [3.63, 3.8) is 0 Å². The van der Waals surface area contributed by atoms with Gasteiger partial charge in [-0.25, -0.2) is 0 Å². The van der Waals surface area contributed by atoms with Crippen molar-refractivity contribution in [1.29, 1.82) is 0 Å². The maximum Gasteiger partial charge on any atom is 0.314 e. The molecular formula is C10H12O2. The topological polar surface area (TPSA) is 37.3 Å². The van der Waals surface area contributed by atoms with E-state index in [0.29, 0.717) is 0 Å². The molecule has 0 radical (unpaired) electrons. The van der Waals surface area contributed by atoms with E-state index in [2.05, 4.69) is 12.2 Å². The SMILES string of the molecule is O=C(O)C1(C2=CCCC=C2)CC1. The molecule has 2 nitrogen and oxygen atoms in total. The summed E-state index contributed by atoms with van der Waals surface area (Å²) in [6, 6.07) is 0. The maximum atomic E-state index is 10.9. The molecule has 0 aromatic heterocycles. The molecule has 0 unspecified atom stereocenters. The van der Waals surface area contributed by atoms with Gasteiger partial charge in [0.15, 0.2) is 0 Å². The molecule has 1 N–H and O–H groups in total. The van der Waals surface area contributed by atoms with Gasteiger partial charge in [-0.05, 0) is 31.3 Å². The molecule has 0 aromatic rings. The highest BCUT2D eigenvalue weighted by Crippen LogP contribution is 2.53. The van der Waals surface area contributed by atoms with Crippen LogP contribution in [0.15, 0.2) is 23.8 Å². The van der Waals surface area contributed by atoms with Crippen molar-refractivity contribution >= 4 is 5.97 Å². The Hall–Kier alpha value is -1.05. The molecule has 0 spiro atoms. The summed E-state index contributed by atoms with van der Waals surface area (Å²) in [7, 11) is 0. The number of carbonyl (C=O) groups is 1. The molecule has 12 heavy (non-hydrogen) atoms. The number of aliphatic carboxylic acids is 1. The summed E-state index contributed by atoms with van der Waals surface area (Å²) in [5.41, 5.74) is 0.540. The molecule has 0 saturated heterocycles. The van der Waals surface area contributed by atoms with Crippen LogP contribution in [0, 0.1) is 5.41 Å². The fraction of sp³-hybridized carbons (Fsp3) is 0.500. The second kappa shape index (κ2) is 2.47. The van der Waals surface area contributed by atoms with Crippen molar-refractivity contribution in [2.75, 3.05) is 0 Å². The molecule has 0 aromatic carbocycles. The van der Waals surface area contributed by atoms with Gasteiger partial charge >= 0.3 is 5.97 Å². The Morgan fingerprint density at radius 2 is 2.17 bits per heavy atom. The molecule has 0 bridgehead atoms. The zero-order valence-electron chi connectivity index (χ0n) is 6.92. The largest absolute Gasteiger partial charge is 0.481 e. The Bertz CT molecular complexity index is 270. The predicted octanol–water partition coefficient (Wildman–Crippen LogP) is 2.13. The van der Waals surface area contributed by atoms with E-state index < -0.39 is 11.4 Å². The second-order valence-corrected chi connectivity index (χ2v) is 3.53. The van der Waals surface area contributed by atoms with E-state index in [-0.39, 0.29) is 0 Å². The van der Waals surface area contributed by atoms with Crippen LogP contribution in [0.25, 0.3) is 0 Å². The third-order valence-corrected chi connectivity index (χ3v) is 2.71. The normalized spacial score (nSPS) is 24.8. The van der Waals surface area contributed by atoms with Crippen molar-refractivity contribution in [3.05, 3.63) is 23.8 Å². The first-order chi connectivity index (χ1) is 5.76. The average molecular weight is 164 g/mol. The molecule has 2 aliphatic carbocycles. The van der Waals surface area contributed by atoms with Gasteiger partial charge in [0.1, 0.15) is 0 Å². The quantitative estimate of drug-likeness (QED) is 0.678. The number of hydrogen-bond acceptors (Lipinski definition) is 1. The van der Waals surface area contributed by atoms with Crippen LogP contribution in [0.4, 0.5) is 0 Å². The molecule has 2 heteroatoms. The summed E-state index contributed by atoms with van der Waals surface area (Å²) in [5.74, 6) is -0.652. The molecule has 0 atom stereocenters. The molecule has 0 heterocycles. The second-order valence-electron chi connectivity index (χ2n) is 3.53. The lowest BCUT2D eigenvalue weighted by molar-refractivity contribution is -0.141. The zero-order valence-corrected chi connectivity index (χ0v) is 6.92. The standard InChI is InChI=1S/C10H12O2/c11-9(12)10(6-7-10)8-4-2-1-3-5-8/h2,4-5H,1,3,6-7H2,(H,11,12). The van der Waals surface area contributed by atoms with Gasteiger partial charge in [0, 0.05) is 0 Å². The molecule has 1 fully saturated rings. The number of carboxylic acid groups (broad SMARTS) is 1. The maximum absolute atomic E-state index is 10.9. The molecular weight excluding hydrogens is 152 g/mol. The van der Waals surface area contributed by atoms with Crippen LogP contribution in [0.2, 0.25) is 0 Å². The van der Waals surface area contributed by atoms with Gasteiger partial charge in [-0.15, -0.1) is 0 Å². The van der Waals surface area contributed by atoms with E-state index >= 15 is 0 Å². The summed E-state index contributed by atoms with van der Waals surface area (Å²) >= 11 is 0. The minimum absolute atomic E-state index is 0.489. The third kappa shape index (κ3) is 0.986. The van der Waals surface area contributed by atoms with E-state index in [1.165, 1.54) is 0 Å². The molecule has 0 aliphatic heterocycles. The Morgan fingerprint density at radius 3 is 2.58 bits per heavy atom. The first kappa shape index (κ1) is 7.59. The summed E-state index contributed by atoms with van der Waals surface area (Å²) in [5, 5.41) is 8.98. The minimum atomic E-state index is -0.652. The number of allylic oxidation sites excluding steroid dienone is 3. The minimum Gasteiger partial charge on any atom is -0.481 e. The molecule has 0 amide bonds. The van der Waals surface area contributed by atoms with Crippen LogP contribution in [0.5, 0.6) is 0 Å². The average Bonchev–Trinajstić information content (AvgIpc) is 2.86. The van der Waals surface area contributed by atoms with E-state index in [1.807, 2.05) is 6.08 Å². The Kier molecular flexibility index (Phi) is 1.56. The van der Waals surface area contributed by atoms with Crippen LogP contribution < -0.4 is 0 Å². The molecule has 64 valence electrons. The highest BCUT2D eigenvalue weighted by molar-refractivity contribution is 5.83. The summed E-state index contributed by atoms with van der Waals surface area (Å²) in [6.45, 7) is 0. The van der Waals surface area contributed by atoms with E-state index in [1.54, 1.807) is 0 Å². The van der Waals surface area contributed by atoms with Crippen LogP contribution in [-0.4, -0.2) is 11.1 Å². The molecule has 1 saturated carbocycles. The first-order valence-corrected chi connectivity index (χ1v) is 4.36. The summed E-state index contributed by atoms with van der Waals surface area (Å²) in [4.78, 5) is 10.9. The Balaban J connectivity index is 2.24. The number of rotatable bonds is 2.